The Hall–Kier alpha value is -1.32. The summed E-state index contributed by atoms with van der Waals surface area (Å²) in [6.07, 6.45) is 1.84. The van der Waals surface area contributed by atoms with Crippen LogP contribution in [-0.4, -0.2) is 18.6 Å². The molecule has 1 aromatic heterocycles. The van der Waals surface area contributed by atoms with E-state index < -0.39 is 0 Å². The van der Waals surface area contributed by atoms with Crippen LogP contribution in [0.2, 0.25) is 5.02 Å². The summed E-state index contributed by atoms with van der Waals surface area (Å²) >= 11 is 6.35. The van der Waals surface area contributed by atoms with E-state index in [0.717, 1.165) is 34.3 Å². The third kappa shape index (κ3) is 2.51. The molecule has 2 rings (SSSR count). The third-order valence-electron chi connectivity index (χ3n) is 2.72. The minimum absolute atomic E-state index is 0.600. The number of pyridine rings is 1. The molecule has 0 atom stereocenters. The first-order chi connectivity index (χ1) is 8.26. The second-order valence-corrected chi connectivity index (χ2v) is 4.23. The van der Waals surface area contributed by atoms with E-state index in [0.29, 0.717) is 12.4 Å². The van der Waals surface area contributed by atoms with Crippen LogP contribution in [0, 0.1) is 0 Å². The molecule has 17 heavy (non-hydrogen) atoms. The lowest BCUT2D eigenvalue weighted by atomic mass is 10.1. The first kappa shape index (κ1) is 12.1. The smallest absolute Gasteiger partial charge is 0.213 e. The van der Waals surface area contributed by atoms with E-state index in [1.165, 1.54) is 0 Å². The molecule has 0 saturated carbocycles. The minimum Gasteiger partial charge on any atom is -0.481 e. The van der Waals surface area contributed by atoms with Crippen molar-refractivity contribution in [3.8, 4) is 5.88 Å². The van der Waals surface area contributed by atoms with Crippen molar-refractivity contribution in [1.82, 2.24) is 4.98 Å². The van der Waals surface area contributed by atoms with Gasteiger partial charge in [-0.25, -0.2) is 4.98 Å². The lowest BCUT2D eigenvalue weighted by Gasteiger charge is -2.07. The van der Waals surface area contributed by atoms with Crippen molar-refractivity contribution in [2.75, 3.05) is 13.7 Å². The Kier molecular flexibility index (Phi) is 3.82. The van der Waals surface area contributed by atoms with Crippen LogP contribution in [0.15, 0.2) is 24.3 Å². The fourth-order valence-electron chi connectivity index (χ4n) is 1.79. The van der Waals surface area contributed by atoms with Gasteiger partial charge in [0.15, 0.2) is 0 Å². The molecule has 0 radical (unpaired) electrons. The Morgan fingerprint density at radius 1 is 1.29 bits per heavy atom. The molecule has 2 N–H and O–H groups in total. The summed E-state index contributed by atoms with van der Waals surface area (Å²) in [5, 5.41) is 1.73. The van der Waals surface area contributed by atoms with Crippen LogP contribution in [0.4, 0.5) is 0 Å². The summed E-state index contributed by atoms with van der Waals surface area (Å²) in [6.45, 7) is 0.676. The van der Waals surface area contributed by atoms with E-state index in [4.69, 9.17) is 22.1 Å². The minimum atomic E-state index is 0.600. The number of hydrogen-bond acceptors (Lipinski definition) is 3. The fourth-order valence-corrected chi connectivity index (χ4v) is 2.11. The van der Waals surface area contributed by atoms with Crippen LogP contribution in [0.3, 0.4) is 0 Å². The summed E-state index contributed by atoms with van der Waals surface area (Å²) in [5.74, 6) is 0.600. The largest absolute Gasteiger partial charge is 0.481 e. The number of nitrogens with two attached hydrogens (primary N) is 1. The molecule has 0 amide bonds. The maximum absolute atomic E-state index is 6.35. The summed E-state index contributed by atoms with van der Waals surface area (Å²) < 4.78 is 5.09. The van der Waals surface area contributed by atoms with Crippen molar-refractivity contribution in [3.63, 3.8) is 0 Å². The van der Waals surface area contributed by atoms with Crippen molar-refractivity contribution in [2.45, 2.75) is 12.8 Å². The van der Waals surface area contributed by atoms with Crippen LogP contribution in [0.1, 0.15) is 12.0 Å². The van der Waals surface area contributed by atoms with E-state index in [1.54, 1.807) is 7.11 Å². The number of methoxy groups -OCH3 is 1. The normalized spacial score (nSPS) is 10.8. The Morgan fingerprint density at radius 3 is 2.82 bits per heavy atom. The van der Waals surface area contributed by atoms with Crippen molar-refractivity contribution >= 4 is 22.5 Å². The summed E-state index contributed by atoms with van der Waals surface area (Å²) in [4.78, 5) is 4.34. The maximum Gasteiger partial charge on any atom is 0.213 e. The molecule has 0 bridgehead atoms. The number of aryl methyl sites for hydroxylation is 1. The second kappa shape index (κ2) is 5.34. The number of rotatable bonds is 4. The highest BCUT2D eigenvalue weighted by Gasteiger charge is 2.07. The van der Waals surface area contributed by atoms with Gasteiger partial charge in [0, 0.05) is 11.5 Å². The van der Waals surface area contributed by atoms with Gasteiger partial charge >= 0.3 is 0 Å². The topological polar surface area (TPSA) is 48.1 Å². The van der Waals surface area contributed by atoms with Gasteiger partial charge in [0.2, 0.25) is 5.88 Å². The molecule has 3 nitrogen and oxygen atoms in total. The molecule has 0 aliphatic heterocycles. The quantitative estimate of drug-likeness (QED) is 0.908. The van der Waals surface area contributed by atoms with E-state index >= 15 is 0 Å². The number of nitrogens with zero attached hydrogens (tertiary/aromatic N) is 1. The number of aromatic nitrogens is 1. The number of benzene rings is 1. The molecular weight excluding hydrogens is 236 g/mol. The number of fused-ring (bicyclic) bond motifs is 1. The van der Waals surface area contributed by atoms with Gasteiger partial charge in [-0.15, -0.1) is 0 Å². The van der Waals surface area contributed by atoms with Crippen LogP contribution in [0.25, 0.3) is 10.9 Å². The molecule has 0 aliphatic carbocycles. The van der Waals surface area contributed by atoms with E-state index in [2.05, 4.69) is 4.98 Å². The third-order valence-corrected chi connectivity index (χ3v) is 3.17. The maximum atomic E-state index is 6.35. The van der Waals surface area contributed by atoms with Crippen molar-refractivity contribution < 1.29 is 4.74 Å². The lowest BCUT2D eigenvalue weighted by Crippen LogP contribution is -2.01. The molecule has 1 heterocycles. The summed E-state index contributed by atoms with van der Waals surface area (Å²) in [5.41, 5.74) is 7.48. The molecule has 0 aliphatic rings. The number of ether oxygens (including phenoxy) is 1. The predicted octanol–water partition coefficient (Wildman–Crippen LogP) is 2.79. The molecule has 2 aromatic rings. The number of halogens is 1. The Balaban J connectivity index is 2.45. The predicted molar refractivity (Wildman–Crippen MR) is 70.7 cm³/mol. The first-order valence-electron chi connectivity index (χ1n) is 5.58. The van der Waals surface area contributed by atoms with Crippen LogP contribution in [0.5, 0.6) is 5.88 Å². The highest BCUT2D eigenvalue weighted by Crippen LogP contribution is 2.28. The Labute approximate surface area is 106 Å². The van der Waals surface area contributed by atoms with Crippen molar-refractivity contribution in [3.05, 3.63) is 34.9 Å². The van der Waals surface area contributed by atoms with Gasteiger partial charge < -0.3 is 10.5 Å². The second-order valence-electron chi connectivity index (χ2n) is 3.85. The zero-order chi connectivity index (χ0) is 12.3. The molecule has 0 saturated heterocycles. The Morgan fingerprint density at radius 2 is 2.12 bits per heavy atom. The average molecular weight is 251 g/mol. The SMILES string of the molecule is COc1ccc2c(Cl)c(CCCN)ccc2n1. The van der Waals surface area contributed by atoms with Gasteiger partial charge in [-0.2, -0.15) is 0 Å². The monoisotopic (exact) mass is 250 g/mol. The molecule has 1 aromatic carbocycles. The van der Waals surface area contributed by atoms with Gasteiger partial charge in [-0.3, -0.25) is 0 Å². The van der Waals surface area contributed by atoms with E-state index in [1.807, 2.05) is 24.3 Å². The molecule has 90 valence electrons. The lowest BCUT2D eigenvalue weighted by molar-refractivity contribution is 0.399. The molecule has 4 heteroatoms. The average Bonchev–Trinajstić information content (AvgIpc) is 2.37. The molecule has 0 fully saturated rings. The molecule has 0 spiro atoms. The van der Waals surface area contributed by atoms with Crippen molar-refractivity contribution in [2.24, 2.45) is 5.73 Å². The zero-order valence-corrected chi connectivity index (χ0v) is 10.5. The summed E-state index contributed by atoms with van der Waals surface area (Å²) in [7, 11) is 1.60. The molecular formula is C13H15ClN2O. The van der Waals surface area contributed by atoms with Crippen LogP contribution < -0.4 is 10.5 Å². The van der Waals surface area contributed by atoms with Crippen LogP contribution >= 0.6 is 11.6 Å². The van der Waals surface area contributed by atoms with Gasteiger partial charge in [0.05, 0.1) is 17.6 Å². The molecule has 0 unspecified atom stereocenters. The summed E-state index contributed by atoms with van der Waals surface area (Å²) in [6, 6.07) is 7.73. The van der Waals surface area contributed by atoms with Gasteiger partial charge in [-0.05, 0) is 37.1 Å². The zero-order valence-electron chi connectivity index (χ0n) is 9.74. The van der Waals surface area contributed by atoms with E-state index in [-0.39, 0.29) is 0 Å². The highest BCUT2D eigenvalue weighted by atomic mass is 35.5. The fraction of sp³-hybridized carbons (Fsp3) is 0.308. The van der Waals surface area contributed by atoms with E-state index in [9.17, 15) is 0 Å². The van der Waals surface area contributed by atoms with Gasteiger partial charge in [0.1, 0.15) is 0 Å². The van der Waals surface area contributed by atoms with Gasteiger partial charge in [-0.1, -0.05) is 17.7 Å². The Bertz CT molecular complexity index is 528. The van der Waals surface area contributed by atoms with Crippen molar-refractivity contribution in [1.29, 1.82) is 0 Å². The standard InChI is InChI=1S/C13H15ClN2O/c1-17-12-7-5-10-11(16-12)6-4-9(13(10)14)3-2-8-15/h4-7H,2-3,8,15H2,1H3. The van der Waals surface area contributed by atoms with Crippen LogP contribution in [-0.2, 0) is 6.42 Å². The van der Waals surface area contributed by atoms with Gasteiger partial charge in [0.25, 0.3) is 0 Å². The number of hydrogen-bond donors (Lipinski definition) is 1. The first-order valence-corrected chi connectivity index (χ1v) is 5.96. The highest BCUT2D eigenvalue weighted by molar-refractivity contribution is 6.36.